The van der Waals surface area contributed by atoms with Gasteiger partial charge in [-0.1, -0.05) is 12.1 Å². The third-order valence-corrected chi connectivity index (χ3v) is 4.37. The third-order valence-electron chi connectivity index (χ3n) is 4.37. The predicted molar refractivity (Wildman–Crippen MR) is 93.2 cm³/mol. The zero-order valence-corrected chi connectivity index (χ0v) is 14.2. The van der Waals surface area contributed by atoms with E-state index in [-0.39, 0.29) is 11.5 Å². The Kier molecular flexibility index (Phi) is 5.78. The summed E-state index contributed by atoms with van der Waals surface area (Å²) < 4.78 is 39.6. The summed E-state index contributed by atoms with van der Waals surface area (Å²) in [5.41, 5.74) is 0.974. The molecule has 0 aliphatic carbocycles. The first-order valence-corrected chi connectivity index (χ1v) is 8.49. The van der Waals surface area contributed by atoms with Gasteiger partial charge in [-0.3, -0.25) is 4.90 Å². The number of anilines is 1. The number of carbonyl (C=O) groups is 1. The second-order valence-electron chi connectivity index (χ2n) is 6.30. The summed E-state index contributed by atoms with van der Waals surface area (Å²) in [6.45, 7) is 3.20. The fourth-order valence-corrected chi connectivity index (χ4v) is 2.97. The summed E-state index contributed by atoms with van der Waals surface area (Å²) in [5, 5.41) is 2.49. The van der Waals surface area contributed by atoms with E-state index in [1.165, 1.54) is 18.2 Å². The maximum absolute atomic E-state index is 13.7. The fourth-order valence-electron chi connectivity index (χ4n) is 2.97. The maximum atomic E-state index is 13.7. The van der Waals surface area contributed by atoms with Gasteiger partial charge in [0.2, 0.25) is 0 Å². The average molecular weight is 363 g/mol. The minimum absolute atomic E-state index is 0.0381. The SMILES string of the molecule is O=C(Nc1ccc(F)cc1F)N1CCCN(Cc2ccc(F)cc2)CC1. The van der Waals surface area contributed by atoms with Crippen molar-refractivity contribution < 1.29 is 18.0 Å². The van der Waals surface area contributed by atoms with Crippen LogP contribution in [0.2, 0.25) is 0 Å². The van der Waals surface area contributed by atoms with Crippen molar-refractivity contribution in [3.8, 4) is 0 Å². The van der Waals surface area contributed by atoms with E-state index in [4.69, 9.17) is 0 Å². The molecule has 26 heavy (non-hydrogen) atoms. The quantitative estimate of drug-likeness (QED) is 0.899. The first kappa shape index (κ1) is 18.3. The molecular formula is C19H20F3N3O. The molecule has 1 aliphatic heterocycles. The average Bonchev–Trinajstić information content (AvgIpc) is 2.85. The Balaban J connectivity index is 1.55. The van der Waals surface area contributed by atoms with Gasteiger partial charge in [0.1, 0.15) is 17.5 Å². The molecule has 2 aromatic carbocycles. The summed E-state index contributed by atoms with van der Waals surface area (Å²) >= 11 is 0. The largest absolute Gasteiger partial charge is 0.323 e. The number of carbonyl (C=O) groups excluding carboxylic acids is 1. The van der Waals surface area contributed by atoms with Gasteiger partial charge in [0.05, 0.1) is 5.69 Å². The van der Waals surface area contributed by atoms with Gasteiger partial charge in [-0.05, 0) is 36.2 Å². The molecule has 138 valence electrons. The molecule has 1 N–H and O–H groups in total. The molecule has 2 aromatic rings. The zero-order chi connectivity index (χ0) is 18.5. The molecule has 0 saturated carbocycles. The standard InChI is InChI=1S/C19H20F3N3O/c20-15-4-2-14(3-5-15)13-24-8-1-9-25(11-10-24)19(26)23-18-7-6-16(21)12-17(18)22/h2-7,12H,1,8-11,13H2,(H,23,26). The van der Waals surface area contributed by atoms with Crippen LogP contribution in [0.15, 0.2) is 42.5 Å². The highest BCUT2D eigenvalue weighted by Crippen LogP contribution is 2.16. The van der Waals surface area contributed by atoms with Crippen LogP contribution in [0, 0.1) is 17.5 Å². The smallest absolute Gasteiger partial charge is 0.321 e. The van der Waals surface area contributed by atoms with Crippen LogP contribution < -0.4 is 5.32 Å². The molecule has 0 spiro atoms. The van der Waals surface area contributed by atoms with Crippen molar-refractivity contribution >= 4 is 11.7 Å². The number of nitrogens with zero attached hydrogens (tertiary/aromatic N) is 2. The molecule has 0 unspecified atom stereocenters. The van der Waals surface area contributed by atoms with Crippen molar-refractivity contribution in [2.24, 2.45) is 0 Å². The molecule has 0 radical (unpaired) electrons. The number of urea groups is 1. The van der Waals surface area contributed by atoms with E-state index in [1.807, 2.05) is 0 Å². The number of rotatable bonds is 3. The van der Waals surface area contributed by atoms with Crippen LogP contribution in [0.5, 0.6) is 0 Å². The van der Waals surface area contributed by atoms with Gasteiger partial charge >= 0.3 is 6.03 Å². The van der Waals surface area contributed by atoms with Gasteiger partial charge in [-0.15, -0.1) is 0 Å². The molecule has 1 fully saturated rings. The molecule has 1 heterocycles. The Morgan fingerprint density at radius 1 is 0.923 bits per heavy atom. The van der Waals surface area contributed by atoms with Gasteiger partial charge in [0.25, 0.3) is 0 Å². The van der Waals surface area contributed by atoms with Gasteiger partial charge in [-0.25, -0.2) is 18.0 Å². The molecule has 1 aliphatic rings. The molecule has 1 saturated heterocycles. The van der Waals surface area contributed by atoms with E-state index in [0.29, 0.717) is 26.2 Å². The van der Waals surface area contributed by atoms with E-state index in [1.54, 1.807) is 17.0 Å². The van der Waals surface area contributed by atoms with Crippen LogP contribution in [0.1, 0.15) is 12.0 Å². The van der Waals surface area contributed by atoms with E-state index in [9.17, 15) is 18.0 Å². The van der Waals surface area contributed by atoms with E-state index >= 15 is 0 Å². The normalized spacial score (nSPS) is 15.6. The highest BCUT2D eigenvalue weighted by molar-refractivity contribution is 5.89. The van der Waals surface area contributed by atoms with Crippen molar-refractivity contribution in [1.29, 1.82) is 0 Å². The predicted octanol–water partition coefficient (Wildman–Crippen LogP) is 3.84. The molecule has 7 heteroatoms. The number of hydrogen-bond acceptors (Lipinski definition) is 2. The van der Waals surface area contributed by atoms with Crippen molar-refractivity contribution in [2.75, 3.05) is 31.5 Å². The van der Waals surface area contributed by atoms with Gasteiger partial charge in [0, 0.05) is 38.8 Å². The first-order chi connectivity index (χ1) is 12.5. The van der Waals surface area contributed by atoms with Crippen molar-refractivity contribution in [2.45, 2.75) is 13.0 Å². The summed E-state index contributed by atoms with van der Waals surface area (Å²) in [6, 6.07) is 9.02. The van der Waals surface area contributed by atoms with Crippen LogP contribution >= 0.6 is 0 Å². The Labute approximate surface area is 150 Å². The summed E-state index contributed by atoms with van der Waals surface area (Å²) in [7, 11) is 0. The number of amides is 2. The number of halogens is 3. The Morgan fingerprint density at radius 2 is 1.65 bits per heavy atom. The Bertz CT molecular complexity index is 767. The molecular weight excluding hydrogens is 343 g/mol. The highest BCUT2D eigenvalue weighted by Gasteiger charge is 2.20. The van der Waals surface area contributed by atoms with E-state index in [0.717, 1.165) is 30.7 Å². The molecule has 0 aromatic heterocycles. The zero-order valence-electron chi connectivity index (χ0n) is 14.2. The lowest BCUT2D eigenvalue weighted by Gasteiger charge is -2.22. The monoisotopic (exact) mass is 363 g/mol. The van der Waals surface area contributed by atoms with Gasteiger partial charge in [-0.2, -0.15) is 0 Å². The number of hydrogen-bond donors (Lipinski definition) is 1. The van der Waals surface area contributed by atoms with Crippen molar-refractivity contribution in [1.82, 2.24) is 9.80 Å². The second kappa shape index (κ2) is 8.23. The van der Waals surface area contributed by atoms with Crippen molar-refractivity contribution in [3.05, 3.63) is 65.5 Å². The van der Waals surface area contributed by atoms with E-state index < -0.39 is 17.7 Å². The Hall–Kier alpha value is -2.54. The molecule has 4 nitrogen and oxygen atoms in total. The lowest BCUT2D eigenvalue weighted by Crippen LogP contribution is -2.38. The van der Waals surface area contributed by atoms with E-state index in [2.05, 4.69) is 10.2 Å². The number of nitrogens with one attached hydrogen (secondary N) is 1. The van der Waals surface area contributed by atoms with Crippen LogP contribution in [0.25, 0.3) is 0 Å². The molecule has 2 amide bonds. The molecule has 0 atom stereocenters. The summed E-state index contributed by atoms with van der Waals surface area (Å²) in [5.74, 6) is -1.75. The molecule has 3 rings (SSSR count). The lowest BCUT2D eigenvalue weighted by atomic mass is 10.2. The molecule has 0 bridgehead atoms. The van der Waals surface area contributed by atoms with Gasteiger partial charge < -0.3 is 10.2 Å². The first-order valence-electron chi connectivity index (χ1n) is 8.49. The van der Waals surface area contributed by atoms with Gasteiger partial charge in [0.15, 0.2) is 0 Å². The third kappa shape index (κ3) is 4.76. The van der Waals surface area contributed by atoms with Crippen LogP contribution in [0.4, 0.5) is 23.7 Å². The maximum Gasteiger partial charge on any atom is 0.321 e. The topological polar surface area (TPSA) is 35.6 Å². The van der Waals surface area contributed by atoms with Crippen molar-refractivity contribution in [3.63, 3.8) is 0 Å². The minimum Gasteiger partial charge on any atom is -0.323 e. The Morgan fingerprint density at radius 3 is 2.38 bits per heavy atom. The highest BCUT2D eigenvalue weighted by atomic mass is 19.1. The fraction of sp³-hybridized carbons (Fsp3) is 0.316. The lowest BCUT2D eigenvalue weighted by molar-refractivity contribution is 0.211. The summed E-state index contributed by atoms with van der Waals surface area (Å²) in [6.07, 6.45) is 0.778. The number of benzene rings is 2. The second-order valence-corrected chi connectivity index (χ2v) is 6.30. The minimum atomic E-state index is -0.800. The van der Waals surface area contributed by atoms with Crippen LogP contribution in [-0.2, 0) is 6.54 Å². The van der Waals surface area contributed by atoms with Crippen LogP contribution in [0.3, 0.4) is 0 Å². The summed E-state index contributed by atoms with van der Waals surface area (Å²) in [4.78, 5) is 16.2. The van der Waals surface area contributed by atoms with Crippen LogP contribution in [-0.4, -0.2) is 42.0 Å².